The summed E-state index contributed by atoms with van der Waals surface area (Å²) in [6.45, 7) is 2.88. The molecule has 0 bridgehead atoms. The summed E-state index contributed by atoms with van der Waals surface area (Å²) < 4.78 is 5.55. The molecule has 1 saturated carbocycles. The van der Waals surface area contributed by atoms with E-state index in [0.717, 1.165) is 43.9 Å². The summed E-state index contributed by atoms with van der Waals surface area (Å²) in [4.78, 5) is 20.0. The van der Waals surface area contributed by atoms with Crippen molar-refractivity contribution in [3.05, 3.63) is 59.9 Å². The predicted octanol–water partition coefficient (Wildman–Crippen LogP) is 4.74. The van der Waals surface area contributed by atoms with E-state index in [9.17, 15) is 4.79 Å². The third kappa shape index (κ3) is 5.85. The Morgan fingerprint density at radius 1 is 1.13 bits per heavy atom. The molecule has 1 N–H and O–H groups in total. The Morgan fingerprint density at radius 2 is 1.94 bits per heavy atom. The van der Waals surface area contributed by atoms with Crippen LogP contribution < -0.4 is 10.1 Å². The molecule has 5 heteroatoms. The van der Waals surface area contributed by atoms with E-state index in [-0.39, 0.29) is 11.9 Å². The number of nitrogens with one attached hydrogen (secondary N) is 1. The Balaban J connectivity index is 1.45. The number of carbonyl (C=O) groups is 1. The molecular formula is C26H35N3O2. The van der Waals surface area contributed by atoms with E-state index < -0.39 is 0 Å². The zero-order valence-corrected chi connectivity index (χ0v) is 18.6. The standard InChI is InChI=1S/C26H35N3O2/c1-31-24-14-5-4-11-21(24)18-29-16-8-12-22(19-29)26(23-13-6-7-15-27-23)28-25(30)17-20-9-2-3-10-20/h4-7,11,13-15,20,22,26H,2-3,8-10,12,16-19H2,1H3,(H,28,30)/t22-,26-/m0/s1. The van der Waals surface area contributed by atoms with Crippen LogP contribution in [-0.2, 0) is 11.3 Å². The zero-order valence-electron chi connectivity index (χ0n) is 18.6. The van der Waals surface area contributed by atoms with E-state index in [1.165, 1.54) is 31.2 Å². The highest BCUT2D eigenvalue weighted by molar-refractivity contribution is 5.76. The second-order valence-corrected chi connectivity index (χ2v) is 9.10. The Morgan fingerprint density at radius 3 is 2.71 bits per heavy atom. The van der Waals surface area contributed by atoms with Crippen molar-refractivity contribution >= 4 is 5.91 Å². The van der Waals surface area contributed by atoms with Crippen LogP contribution in [-0.4, -0.2) is 36.0 Å². The molecule has 1 aromatic heterocycles. The number of pyridine rings is 1. The molecule has 1 amide bonds. The average Bonchev–Trinajstić information content (AvgIpc) is 3.31. The lowest BCUT2D eigenvalue weighted by Crippen LogP contribution is -2.43. The fraction of sp³-hybridized carbons (Fsp3) is 0.538. The van der Waals surface area contributed by atoms with E-state index in [4.69, 9.17) is 4.74 Å². The minimum absolute atomic E-state index is 0.0319. The van der Waals surface area contributed by atoms with Gasteiger partial charge in [0.15, 0.2) is 0 Å². The highest BCUT2D eigenvalue weighted by atomic mass is 16.5. The number of nitrogens with zero attached hydrogens (tertiary/aromatic N) is 2. The molecule has 1 aromatic carbocycles. The van der Waals surface area contributed by atoms with E-state index in [0.29, 0.717) is 18.3 Å². The minimum Gasteiger partial charge on any atom is -0.496 e. The zero-order chi connectivity index (χ0) is 21.5. The van der Waals surface area contributed by atoms with Gasteiger partial charge in [-0.2, -0.15) is 0 Å². The van der Waals surface area contributed by atoms with Gasteiger partial charge in [-0.25, -0.2) is 0 Å². The van der Waals surface area contributed by atoms with Crippen molar-refractivity contribution in [1.29, 1.82) is 0 Å². The third-order valence-electron chi connectivity index (χ3n) is 6.87. The van der Waals surface area contributed by atoms with Crippen molar-refractivity contribution in [3.8, 4) is 5.75 Å². The van der Waals surface area contributed by atoms with Gasteiger partial charge in [0.25, 0.3) is 0 Å². The lowest BCUT2D eigenvalue weighted by Gasteiger charge is -2.37. The lowest BCUT2D eigenvalue weighted by atomic mass is 9.87. The Labute approximate surface area is 186 Å². The number of para-hydroxylation sites is 1. The number of benzene rings is 1. The van der Waals surface area contributed by atoms with Gasteiger partial charge >= 0.3 is 0 Å². The number of likely N-dealkylation sites (tertiary alicyclic amines) is 1. The molecule has 0 spiro atoms. The molecule has 1 aliphatic carbocycles. The Hall–Kier alpha value is -2.40. The maximum absolute atomic E-state index is 12.9. The van der Waals surface area contributed by atoms with Crippen molar-refractivity contribution < 1.29 is 9.53 Å². The largest absolute Gasteiger partial charge is 0.496 e. The molecule has 2 aliphatic rings. The highest BCUT2D eigenvalue weighted by Crippen LogP contribution is 2.32. The van der Waals surface area contributed by atoms with Crippen LogP contribution in [0.25, 0.3) is 0 Å². The second-order valence-electron chi connectivity index (χ2n) is 9.10. The first-order valence-corrected chi connectivity index (χ1v) is 11.8. The molecule has 31 heavy (non-hydrogen) atoms. The van der Waals surface area contributed by atoms with Crippen LogP contribution in [0.1, 0.15) is 62.2 Å². The number of piperidine rings is 1. The summed E-state index contributed by atoms with van der Waals surface area (Å²) in [5.74, 6) is 2.03. The molecule has 0 radical (unpaired) electrons. The Kier molecular flexibility index (Phi) is 7.57. The fourth-order valence-electron chi connectivity index (χ4n) is 5.28. The molecule has 166 valence electrons. The van der Waals surface area contributed by atoms with Gasteiger partial charge in [0.05, 0.1) is 18.8 Å². The number of methoxy groups -OCH3 is 1. The van der Waals surface area contributed by atoms with Crippen molar-refractivity contribution in [3.63, 3.8) is 0 Å². The van der Waals surface area contributed by atoms with Gasteiger partial charge in [-0.3, -0.25) is 14.7 Å². The minimum atomic E-state index is -0.0319. The molecular weight excluding hydrogens is 386 g/mol. The van der Waals surface area contributed by atoms with Gasteiger partial charge in [-0.05, 0) is 62.3 Å². The maximum atomic E-state index is 12.9. The van der Waals surface area contributed by atoms with Crippen LogP contribution in [0.5, 0.6) is 5.75 Å². The first kappa shape index (κ1) is 21.8. The van der Waals surface area contributed by atoms with Crippen LogP contribution in [0.15, 0.2) is 48.7 Å². The number of hydrogen-bond donors (Lipinski definition) is 1. The number of amides is 1. The van der Waals surface area contributed by atoms with Crippen molar-refractivity contribution in [2.45, 2.75) is 57.5 Å². The van der Waals surface area contributed by atoms with E-state index in [2.05, 4.69) is 33.4 Å². The van der Waals surface area contributed by atoms with Gasteiger partial charge in [-0.1, -0.05) is 37.1 Å². The van der Waals surface area contributed by atoms with Crippen LogP contribution in [0.2, 0.25) is 0 Å². The van der Waals surface area contributed by atoms with Gasteiger partial charge in [0, 0.05) is 31.3 Å². The van der Waals surface area contributed by atoms with Crippen LogP contribution >= 0.6 is 0 Å². The number of rotatable bonds is 8. The molecule has 1 aliphatic heterocycles. The van der Waals surface area contributed by atoms with Crippen LogP contribution in [0, 0.1) is 11.8 Å². The summed E-state index contributed by atoms with van der Waals surface area (Å²) >= 11 is 0. The molecule has 0 unspecified atom stereocenters. The first-order valence-electron chi connectivity index (χ1n) is 11.8. The van der Waals surface area contributed by atoms with Gasteiger partial charge in [0.1, 0.15) is 5.75 Å². The summed E-state index contributed by atoms with van der Waals surface area (Å²) in [7, 11) is 1.73. The van der Waals surface area contributed by atoms with Gasteiger partial charge in [-0.15, -0.1) is 0 Å². The molecule has 2 aromatic rings. The molecule has 2 fully saturated rings. The van der Waals surface area contributed by atoms with Gasteiger partial charge < -0.3 is 10.1 Å². The first-order chi connectivity index (χ1) is 15.2. The summed E-state index contributed by atoms with van der Waals surface area (Å²) in [5, 5.41) is 3.38. The van der Waals surface area contributed by atoms with Crippen LogP contribution in [0.3, 0.4) is 0 Å². The Bertz CT molecular complexity index is 836. The van der Waals surface area contributed by atoms with E-state index >= 15 is 0 Å². The molecule has 5 nitrogen and oxygen atoms in total. The van der Waals surface area contributed by atoms with Crippen molar-refractivity contribution in [1.82, 2.24) is 15.2 Å². The van der Waals surface area contributed by atoms with E-state index in [1.54, 1.807) is 7.11 Å². The molecule has 2 heterocycles. The molecule has 2 atom stereocenters. The lowest BCUT2D eigenvalue weighted by molar-refractivity contribution is -0.123. The van der Waals surface area contributed by atoms with Gasteiger partial charge in [0.2, 0.25) is 5.91 Å². The average molecular weight is 422 g/mol. The summed E-state index contributed by atoms with van der Waals surface area (Å²) in [6, 6.07) is 14.2. The number of hydrogen-bond acceptors (Lipinski definition) is 4. The topological polar surface area (TPSA) is 54.5 Å². The molecule has 1 saturated heterocycles. The fourth-order valence-corrected chi connectivity index (χ4v) is 5.28. The van der Waals surface area contributed by atoms with Crippen LogP contribution in [0.4, 0.5) is 0 Å². The predicted molar refractivity (Wildman–Crippen MR) is 123 cm³/mol. The monoisotopic (exact) mass is 421 g/mol. The van der Waals surface area contributed by atoms with E-state index in [1.807, 2.05) is 30.5 Å². The SMILES string of the molecule is COc1ccccc1CN1CCC[C@H]([C@H](NC(=O)CC2CCCC2)c2ccccn2)C1. The number of carbonyl (C=O) groups excluding carboxylic acids is 1. The number of aromatic nitrogens is 1. The quantitative estimate of drug-likeness (QED) is 0.669. The summed E-state index contributed by atoms with van der Waals surface area (Å²) in [6.07, 6.45) is 9.64. The summed E-state index contributed by atoms with van der Waals surface area (Å²) in [5.41, 5.74) is 2.19. The normalized spacial score (nSPS) is 21.0. The van der Waals surface area contributed by atoms with Crippen molar-refractivity contribution in [2.75, 3.05) is 20.2 Å². The highest BCUT2D eigenvalue weighted by Gasteiger charge is 2.31. The maximum Gasteiger partial charge on any atom is 0.220 e. The smallest absolute Gasteiger partial charge is 0.220 e. The molecule has 4 rings (SSSR count). The second kappa shape index (κ2) is 10.8. The third-order valence-corrected chi connectivity index (χ3v) is 6.87. The number of ether oxygens (including phenoxy) is 1. The van der Waals surface area contributed by atoms with Crippen molar-refractivity contribution in [2.24, 2.45) is 11.8 Å².